The third-order valence-corrected chi connectivity index (χ3v) is 4.64. The molecule has 1 aromatic carbocycles. The molecule has 0 radical (unpaired) electrons. The van der Waals surface area contributed by atoms with Crippen LogP contribution in [0.5, 0.6) is 11.5 Å². The maximum Gasteiger partial charge on any atom is 0.233 e. The molecule has 1 aromatic heterocycles. The largest absolute Gasteiger partial charge is 0.493 e. The molecule has 9 heteroatoms. The van der Waals surface area contributed by atoms with E-state index in [-0.39, 0.29) is 11.7 Å². The number of aryl methyl sites for hydroxylation is 1. The average Bonchev–Trinajstić information content (AvgIpc) is 2.95. The highest BCUT2D eigenvalue weighted by Crippen LogP contribution is 2.28. The van der Waals surface area contributed by atoms with Crippen molar-refractivity contribution in [3.63, 3.8) is 0 Å². The van der Waals surface area contributed by atoms with Gasteiger partial charge in [-0.25, -0.2) is 4.68 Å². The molecule has 25 heavy (non-hydrogen) atoms. The average molecular weight is 365 g/mol. The summed E-state index contributed by atoms with van der Waals surface area (Å²) in [6, 6.07) is 5.63. The number of ether oxygens (including phenoxy) is 2. The van der Waals surface area contributed by atoms with Crippen LogP contribution >= 0.6 is 11.8 Å². The third-order valence-electron chi connectivity index (χ3n) is 3.72. The number of carbonyl (C=O) groups is 1. The quantitative estimate of drug-likeness (QED) is 0.559. The van der Waals surface area contributed by atoms with Crippen LogP contribution in [-0.4, -0.2) is 52.2 Å². The zero-order valence-electron chi connectivity index (χ0n) is 14.9. The van der Waals surface area contributed by atoms with Crippen molar-refractivity contribution in [1.82, 2.24) is 19.8 Å². The molecule has 1 heterocycles. The molecular formula is C16H23N5O3S. The molecule has 2 aromatic rings. The molecule has 0 aliphatic rings. The molecule has 1 amide bonds. The summed E-state index contributed by atoms with van der Waals surface area (Å²) in [5, 5.41) is 8.35. The Morgan fingerprint density at radius 1 is 1.28 bits per heavy atom. The number of methoxy groups -OCH3 is 2. The highest BCUT2D eigenvalue weighted by molar-refractivity contribution is 7.99. The van der Waals surface area contributed by atoms with Crippen molar-refractivity contribution in [2.75, 3.05) is 32.4 Å². The van der Waals surface area contributed by atoms with Gasteiger partial charge in [0.15, 0.2) is 11.5 Å². The van der Waals surface area contributed by atoms with Gasteiger partial charge in [-0.15, -0.1) is 10.2 Å². The number of aromatic nitrogens is 3. The first-order chi connectivity index (χ1) is 12.0. The first kappa shape index (κ1) is 18.9. The van der Waals surface area contributed by atoms with E-state index in [1.165, 1.54) is 16.4 Å². The second-order valence-electron chi connectivity index (χ2n) is 5.29. The molecule has 2 N–H and O–H groups in total. The van der Waals surface area contributed by atoms with E-state index in [4.69, 9.17) is 15.3 Å². The molecule has 0 atom stereocenters. The van der Waals surface area contributed by atoms with Crippen LogP contribution in [0.3, 0.4) is 0 Å². The number of nitrogen functional groups attached to an aromatic ring is 1. The van der Waals surface area contributed by atoms with E-state index in [1.54, 1.807) is 26.0 Å². The zero-order chi connectivity index (χ0) is 18.4. The van der Waals surface area contributed by atoms with Crippen LogP contribution in [0.4, 0.5) is 0 Å². The lowest BCUT2D eigenvalue weighted by atomic mass is 10.2. The molecule has 0 unspecified atom stereocenters. The second kappa shape index (κ2) is 8.61. The van der Waals surface area contributed by atoms with Crippen LogP contribution in [-0.2, 0) is 11.3 Å². The Labute approximate surface area is 151 Å². The second-order valence-corrected chi connectivity index (χ2v) is 6.23. The summed E-state index contributed by atoms with van der Waals surface area (Å²) in [4.78, 5) is 14.3. The molecule has 8 nitrogen and oxygen atoms in total. The SMILES string of the molecule is CCN(Cc1ccc(OC)c(OC)c1)C(=O)CSc1nnc(C)n1N. The first-order valence-electron chi connectivity index (χ1n) is 7.78. The maximum atomic E-state index is 12.5. The molecule has 0 saturated heterocycles. The minimum atomic E-state index is 0.00272. The molecule has 0 bridgehead atoms. The van der Waals surface area contributed by atoms with E-state index < -0.39 is 0 Å². The number of hydrogen-bond donors (Lipinski definition) is 1. The van der Waals surface area contributed by atoms with Gasteiger partial charge in [-0.1, -0.05) is 17.8 Å². The number of amides is 1. The zero-order valence-corrected chi connectivity index (χ0v) is 15.7. The lowest BCUT2D eigenvalue weighted by molar-refractivity contribution is -0.128. The van der Waals surface area contributed by atoms with Gasteiger partial charge in [-0.3, -0.25) is 4.79 Å². The van der Waals surface area contributed by atoms with Gasteiger partial charge >= 0.3 is 0 Å². The van der Waals surface area contributed by atoms with Crippen LogP contribution in [0.1, 0.15) is 18.3 Å². The van der Waals surface area contributed by atoms with Crippen LogP contribution in [0.2, 0.25) is 0 Å². The summed E-state index contributed by atoms with van der Waals surface area (Å²) in [7, 11) is 3.18. The van der Waals surface area contributed by atoms with Gasteiger partial charge in [0.2, 0.25) is 11.1 Å². The Hall–Kier alpha value is -2.42. The lowest BCUT2D eigenvalue weighted by Crippen LogP contribution is -2.32. The van der Waals surface area contributed by atoms with Gasteiger partial charge in [-0.05, 0) is 31.5 Å². The van der Waals surface area contributed by atoms with Crippen molar-refractivity contribution in [3.8, 4) is 11.5 Å². The fourth-order valence-electron chi connectivity index (χ4n) is 2.24. The van der Waals surface area contributed by atoms with E-state index >= 15 is 0 Å². The van der Waals surface area contributed by atoms with Crippen molar-refractivity contribution in [2.24, 2.45) is 0 Å². The van der Waals surface area contributed by atoms with Gasteiger partial charge in [0, 0.05) is 13.1 Å². The summed E-state index contributed by atoms with van der Waals surface area (Å²) in [5.41, 5.74) is 0.968. The monoisotopic (exact) mass is 365 g/mol. The highest BCUT2D eigenvalue weighted by atomic mass is 32.2. The van der Waals surface area contributed by atoms with Gasteiger partial charge in [0.25, 0.3) is 0 Å². The van der Waals surface area contributed by atoms with Crippen LogP contribution in [0, 0.1) is 6.92 Å². The number of nitrogens with zero attached hydrogens (tertiary/aromatic N) is 4. The number of nitrogens with two attached hydrogens (primary N) is 1. The van der Waals surface area contributed by atoms with Gasteiger partial charge in [0.05, 0.1) is 20.0 Å². The lowest BCUT2D eigenvalue weighted by Gasteiger charge is -2.21. The van der Waals surface area contributed by atoms with E-state index in [0.717, 1.165) is 5.56 Å². The smallest absolute Gasteiger partial charge is 0.233 e. The fraction of sp³-hybridized carbons (Fsp3) is 0.438. The summed E-state index contributed by atoms with van der Waals surface area (Å²) in [5.74, 6) is 7.96. The Morgan fingerprint density at radius 3 is 2.56 bits per heavy atom. The van der Waals surface area contributed by atoms with E-state index in [9.17, 15) is 4.79 Å². The number of benzene rings is 1. The van der Waals surface area contributed by atoms with E-state index in [0.29, 0.717) is 35.6 Å². The van der Waals surface area contributed by atoms with Crippen LogP contribution in [0.25, 0.3) is 0 Å². The summed E-state index contributed by atoms with van der Waals surface area (Å²) in [6.45, 7) is 4.79. The number of hydrogen-bond acceptors (Lipinski definition) is 7. The van der Waals surface area contributed by atoms with E-state index in [2.05, 4.69) is 10.2 Å². The standard InChI is InChI=1S/C16H23N5O3S/c1-5-20(9-12-6-7-13(23-3)14(8-12)24-4)15(22)10-25-16-19-18-11(2)21(16)17/h6-8H,5,9-10,17H2,1-4H3. The molecule has 0 fully saturated rings. The highest BCUT2D eigenvalue weighted by Gasteiger charge is 2.16. The van der Waals surface area contributed by atoms with Crippen LogP contribution < -0.4 is 15.3 Å². The summed E-state index contributed by atoms with van der Waals surface area (Å²) < 4.78 is 11.9. The van der Waals surface area contributed by atoms with Crippen molar-refractivity contribution in [3.05, 3.63) is 29.6 Å². The summed E-state index contributed by atoms with van der Waals surface area (Å²) in [6.07, 6.45) is 0. The van der Waals surface area contributed by atoms with Gasteiger partial charge < -0.3 is 20.2 Å². The molecule has 136 valence electrons. The Morgan fingerprint density at radius 2 is 2.00 bits per heavy atom. The first-order valence-corrected chi connectivity index (χ1v) is 8.77. The van der Waals surface area contributed by atoms with Crippen LogP contribution in [0.15, 0.2) is 23.4 Å². The molecular weight excluding hydrogens is 342 g/mol. The number of thioether (sulfide) groups is 1. The van der Waals surface area contributed by atoms with Gasteiger partial charge in [0.1, 0.15) is 5.82 Å². The minimum absolute atomic E-state index is 0.00272. The van der Waals surface area contributed by atoms with Crippen molar-refractivity contribution < 1.29 is 14.3 Å². The predicted molar refractivity (Wildman–Crippen MR) is 96.3 cm³/mol. The Bertz CT molecular complexity index is 735. The molecule has 2 rings (SSSR count). The molecule has 0 aliphatic heterocycles. The van der Waals surface area contributed by atoms with Gasteiger partial charge in [-0.2, -0.15) is 0 Å². The fourth-order valence-corrected chi connectivity index (χ4v) is 3.05. The molecule has 0 spiro atoms. The maximum absolute atomic E-state index is 12.5. The van der Waals surface area contributed by atoms with Crippen molar-refractivity contribution >= 4 is 17.7 Å². The van der Waals surface area contributed by atoms with E-state index in [1.807, 2.05) is 25.1 Å². The summed E-state index contributed by atoms with van der Waals surface area (Å²) >= 11 is 1.27. The Balaban J connectivity index is 2.01. The number of rotatable bonds is 8. The number of carbonyl (C=O) groups excluding carboxylic acids is 1. The molecule has 0 saturated carbocycles. The normalized spacial score (nSPS) is 10.6. The third kappa shape index (κ3) is 4.56. The minimum Gasteiger partial charge on any atom is -0.493 e. The van der Waals surface area contributed by atoms with Crippen molar-refractivity contribution in [1.29, 1.82) is 0 Å². The topological polar surface area (TPSA) is 95.5 Å². The van der Waals surface area contributed by atoms with Crippen molar-refractivity contribution in [2.45, 2.75) is 25.5 Å². The Kier molecular flexibility index (Phi) is 6.51. The predicted octanol–water partition coefficient (Wildman–Crippen LogP) is 1.46. The molecule has 0 aliphatic carbocycles.